The summed E-state index contributed by atoms with van der Waals surface area (Å²) in [5.74, 6) is -7.90. The summed E-state index contributed by atoms with van der Waals surface area (Å²) in [4.78, 5) is 0. The minimum atomic E-state index is -1.65. The van der Waals surface area contributed by atoms with Gasteiger partial charge in [0.1, 0.15) is 12.7 Å². The fourth-order valence-electron chi connectivity index (χ4n) is 0.902. The average Bonchev–Trinajstić information content (AvgIpc) is 2.26. The fourth-order valence-corrected chi connectivity index (χ4v) is 0.991. The molecule has 0 spiro atoms. The maximum absolute atomic E-state index is 13.0. The second-order valence-corrected chi connectivity index (χ2v) is 3.23. The largest absolute Gasteiger partial charge is 0.485 e. The van der Waals surface area contributed by atoms with Crippen LogP contribution in [0.2, 0.25) is 0 Å². The molecule has 16 heavy (non-hydrogen) atoms. The number of alkyl halides is 1. The zero-order valence-electron chi connectivity index (χ0n) is 7.81. The molecule has 1 aromatic rings. The van der Waals surface area contributed by atoms with E-state index in [1.54, 1.807) is 0 Å². The smallest absolute Gasteiger partial charge is 0.203 e. The molecule has 90 valence electrons. The first-order chi connectivity index (χ1) is 7.47. The van der Waals surface area contributed by atoms with Crippen molar-refractivity contribution in [2.75, 3.05) is 12.5 Å². The summed E-state index contributed by atoms with van der Waals surface area (Å²) in [5, 5.41) is 8.95. The highest BCUT2D eigenvalue weighted by molar-refractivity contribution is 6.18. The highest BCUT2D eigenvalue weighted by Gasteiger charge is 2.21. The Bertz CT molecular complexity index is 360. The van der Waals surface area contributed by atoms with Crippen LogP contribution in [0.1, 0.15) is 0 Å². The van der Waals surface area contributed by atoms with Crippen LogP contribution in [0.5, 0.6) is 5.75 Å². The molecule has 0 aromatic heterocycles. The van der Waals surface area contributed by atoms with E-state index < -0.39 is 41.7 Å². The zero-order valence-corrected chi connectivity index (χ0v) is 8.57. The molecular formula is C9H7ClF4O2. The summed E-state index contributed by atoms with van der Waals surface area (Å²) in [7, 11) is 0. The Labute approximate surface area is 93.4 Å². The van der Waals surface area contributed by atoms with E-state index >= 15 is 0 Å². The van der Waals surface area contributed by atoms with Crippen LogP contribution in [0.4, 0.5) is 17.6 Å². The van der Waals surface area contributed by atoms with E-state index in [2.05, 4.69) is 4.74 Å². The van der Waals surface area contributed by atoms with Gasteiger partial charge in [-0.05, 0) is 0 Å². The van der Waals surface area contributed by atoms with Gasteiger partial charge in [-0.2, -0.15) is 8.78 Å². The molecule has 1 atom stereocenters. The lowest BCUT2D eigenvalue weighted by atomic mass is 10.3. The monoisotopic (exact) mass is 258 g/mol. The van der Waals surface area contributed by atoms with Crippen LogP contribution in [0.25, 0.3) is 0 Å². The molecule has 0 amide bonds. The van der Waals surface area contributed by atoms with Gasteiger partial charge in [0.05, 0.1) is 5.88 Å². The van der Waals surface area contributed by atoms with Crippen molar-refractivity contribution in [3.8, 4) is 5.75 Å². The van der Waals surface area contributed by atoms with Gasteiger partial charge in [0.15, 0.2) is 17.4 Å². The fraction of sp³-hybridized carbons (Fsp3) is 0.333. The molecule has 1 aromatic carbocycles. The second-order valence-electron chi connectivity index (χ2n) is 2.92. The Kier molecular flexibility index (Phi) is 4.37. The number of ether oxygens (including phenoxy) is 1. The maximum atomic E-state index is 13.0. The van der Waals surface area contributed by atoms with Gasteiger partial charge >= 0.3 is 0 Å². The van der Waals surface area contributed by atoms with Crippen molar-refractivity contribution in [1.82, 2.24) is 0 Å². The van der Waals surface area contributed by atoms with E-state index in [1.165, 1.54) is 0 Å². The number of aliphatic hydroxyl groups is 1. The van der Waals surface area contributed by atoms with Gasteiger partial charge in [0.25, 0.3) is 0 Å². The van der Waals surface area contributed by atoms with Crippen LogP contribution in [-0.4, -0.2) is 23.7 Å². The molecule has 0 fully saturated rings. The minimum absolute atomic E-state index is 0.0650. The summed E-state index contributed by atoms with van der Waals surface area (Å²) in [6.45, 7) is -0.569. The Morgan fingerprint density at radius 2 is 1.69 bits per heavy atom. The Morgan fingerprint density at radius 3 is 2.12 bits per heavy atom. The van der Waals surface area contributed by atoms with Crippen molar-refractivity contribution in [1.29, 1.82) is 0 Å². The quantitative estimate of drug-likeness (QED) is 0.510. The number of benzene rings is 1. The van der Waals surface area contributed by atoms with Gasteiger partial charge in [0.2, 0.25) is 11.6 Å². The summed E-state index contributed by atoms with van der Waals surface area (Å²) in [6.07, 6.45) is -1.19. The Morgan fingerprint density at radius 1 is 1.19 bits per heavy atom. The van der Waals surface area contributed by atoms with Crippen LogP contribution in [0.15, 0.2) is 6.07 Å². The van der Waals surface area contributed by atoms with Gasteiger partial charge in [-0.1, -0.05) is 0 Å². The van der Waals surface area contributed by atoms with E-state index in [9.17, 15) is 17.6 Å². The molecule has 0 aliphatic carbocycles. The molecule has 1 unspecified atom stereocenters. The van der Waals surface area contributed by atoms with Crippen LogP contribution in [0, 0.1) is 23.3 Å². The van der Waals surface area contributed by atoms with Gasteiger partial charge < -0.3 is 9.84 Å². The molecule has 0 saturated heterocycles. The maximum Gasteiger partial charge on any atom is 0.203 e. The van der Waals surface area contributed by atoms with Crippen LogP contribution >= 0.6 is 11.6 Å². The van der Waals surface area contributed by atoms with Gasteiger partial charge in [0, 0.05) is 6.07 Å². The van der Waals surface area contributed by atoms with Crippen molar-refractivity contribution in [2.24, 2.45) is 0 Å². The molecule has 0 radical (unpaired) electrons. The second kappa shape index (κ2) is 5.36. The van der Waals surface area contributed by atoms with Crippen molar-refractivity contribution in [3.05, 3.63) is 29.3 Å². The molecule has 1 N–H and O–H groups in total. The zero-order chi connectivity index (χ0) is 12.3. The van der Waals surface area contributed by atoms with E-state index in [4.69, 9.17) is 16.7 Å². The number of aliphatic hydroxyl groups excluding tert-OH is 1. The normalized spacial score (nSPS) is 12.6. The van der Waals surface area contributed by atoms with Crippen molar-refractivity contribution < 1.29 is 27.4 Å². The first kappa shape index (κ1) is 13.1. The molecule has 0 saturated carbocycles. The SMILES string of the molecule is OC(CCl)COc1c(F)c(F)cc(F)c1F. The standard InChI is InChI=1S/C9H7ClF4O2/c10-2-4(15)3-16-9-7(13)5(11)1-6(12)8(9)14/h1,4,15H,2-3H2. The Balaban J connectivity index is 2.94. The average molecular weight is 259 g/mol. The third-order valence-corrected chi connectivity index (χ3v) is 2.03. The molecule has 0 heterocycles. The molecule has 2 nitrogen and oxygen atoms in total. The summed E-state index contributed by atoms with van der Waals surface area (Å²) in [5.41, 5.74) is 0. The predicted octanol–water partition coefficient (Wildman–Crippen LogP) is 2.22. The van der Waals surface area contributed by atoms with E-state index in [-0.39, 0.29) is 11.9 Å². The van der Waals surface area contributed by atoms with Crippen LogP contribution < -0.4 is 4.74 Å². The first-order valence-corrected chi connectivity index (χ1v) is 4.70. The first-order valence-electron chi connectivity index (χ1n) is 4.17. The lowest BCUT2D eigenvalue weighted by Crippen LogP contribution is -2.20. The Hall–Kier alpha value is -1.01. The summed E-state index contributed by atoms with van der Waals surface area (Å²) < 4.78 is 55.7. The molecule has 0 bridgehead atoms. The molecule has 1 rings (SSSR count). The highest BCUT2D eigenvalue weighted by Crippen LogP contribution is 2.26. The van der Waals surface area contributed by atoms with E-state index in [0.29, 0.717) is 0 Å². The lowest BCUT2D eigenvalue weighted by molar-refractivity contribution is 0.118. The van der Waals surface area contributed by atoms with Gasteiger partial charge in [-0.25, -0.2) is 8.78 Å². The summed E-state index contributed by atoms with van der Waals surface area (Å²) >= 11 is 5.19. The van der Waals surface area contributed by atoms with Crippen molar-refractivity contribution in [2.45, 2.75) is 6.10 Å². The molecule has 7 heteroatoms. The van der Waals surface area contributed by atoms with Crippen molar-refractivity contribution in [3.63, 3.8) is 0 Å². The molecule has 0 aliphatic heterocycles. The number of rotatable bonds is 4. The predicted molar refractivity (Wildman–Crippen MR) is 48.5 cm³/mol. The van der Waals surface area contributed by atoms with Crippen LogP contribution in [0.3, 0.4) is 0 Å². The number of hydrogen-bond acceptors (Lipinski definition) is 2. The topological polar surface area (TPSA) is 29.5 Å². The molecular weight excluding hydrogens is 252 g/mol. The van der Waals surface area contributed by atoms with Crippen LogP contribution in [-0.2, 0) is 0 Å². The van der Waals surface area contributed by atoms with E-state index in [0.717, 1.165) is 0 Å². The molecule has 0 aliphatic rings. The number of halogens is 5. The lowest BCUT2D eigenvalue weighted by Gasteiger charge is -2.11. The minimum Gasteiger partial charge on any atom is -0.485 e. The van der Waals surface area contributed by atoms with Crippen molar-refractivity contribution >= 4 is 11.6 Å². The van der Waals surface area contributed by atoms with Gasteiger partial charge in [-0.3, -0.25) is 0 Å². The summed E-state index contributed by atoms with van der Waals surface area (Å²) in [6, 6.07) is 0.0650. The third kappa shape index (κ3) is 2.76. The number of hydrogen-bond donors (Lipinski definition) is 1. The third-order valence-electron chi connectivity index (χ3n) is 1.67. The highest BCUT2D eigenvalue weighted by atomic mass is 35.5. The van der Waals surface area contributed by atoms with E-state index in [1.807, 2.05) is 0 Å². The van der Waals surface area contributed by atoms with Gasteiger partial charge in [-0.15, -0.1) is 11.6 Å².